The summed E-state index contributed by atoms with van der Waals surface area (Å²) >= 11 is 1.79. The SMILES string of the molecule is c1ccc(-c2ccc3c(c2)c2ccccc2n3-c2ccc(-c3nc(-c4ccc5c(c4)oc4ccccc45)nc(-c4cccc5sc6ccccc6c45)n3)cc2)cc1. The molecule has 0 N–H and O–H groups in total. The van der Waals surface area contributed by atoms with Gasteiger partial charge in [0.1, 0.15) is 11.2 Å². The van der Waals surface area contributed by atoms with Gasteiger partial charge in [0, 0.05) is 64.1 Å². The number of nitrogens with zero attached hydrogens (tertiary/aromatic N) is 4. The largest absolute Gasteiger partial charge is 0.456 e. The zero-order valence-corrected chi connectivity index (χ0v) is 31.2. The first kappa shape index (κ1) is 31.9. The molecule has 0 saturated heterocycles. The van der Waals surface area contributed by atoms with Crippen molar-refractivity contribution >= 4 is 75.3 Å². The van der Waals surface area contributed by atoms with Crippen molar-refractivity contribution < 1.29 is 4.42 Å². The Morgan fingerprint density at radius 2 is 1.04 bits per heavy atom. The number of hydrogen-bond acceptors (Lipinski definition) is 5. The Hall–Kier alpha value is -7.41. The third kappa shape index (κ3) is 5.12. The normalized spacial score (nSPS) is 11.9. The second-order valence-corrected chi connectivity index (χ2v) is 15.5. The topological polar surface area (TPSA) is 56.7 Å². The number of para-hydroxylation sites is 2. The lowest BCUT2D eigenvalue weighted by Crippen LogP contribution is -2.01. The Balaban J connectivity index is 1.02. The summed E-state index contributed by atoms with van der Waals surface area (Å²) < 4.78 is 11.1. The molecule has 0 aliphatic heterocycles. The molecule has 0 aliphatic carbocycles. The van der Waals surface area contributed by atoms with Crippen LogP contribution in [0.2, 0.25) is 0 Å². The van der Waals surface area contributed by atoms with Crippen LogP contribution >= 0.6 is 11.3 Å². The molecule has 0 atom stereocenters. The first-order valence-electron chi connectivity index (χ1n) is 19.0. The van der Waals surface area contributed by atoms with Crippen LogP contribution < -0.4 is 0 Å². The molecule has 0 aliphatic rings. The van der Waals surface area contributed by atoms with Crippen LogP contribution in [-0.2, 0) is 0 Å². The highest BCUT2D eigenvalue weighted by molar-refractivity contribution is 7.25. The summed E-state index contributed by atoms with van der Waals surface area (Å²) in [5.74, 6) is 1.83. The van der Waals surface area contributed by atoms with E-state index >= 15 is 0 Å². The van der Waals surface area contributed by atoms with Crippen LogP contribution in [-0.4, -0.2) is 19.5 Å². The van der Waals surface area contributed by atoms with Crippen LogP contribution in [0.15, 0.2) is 186 Å². The predicted molar refractivity (Wildman–Crippen MR) is 236 cm³/mol. The second kappa shape index (κ2) is 12.6. The van der Waals surface area contributed by atoms with Gasteiger partial charge in [0.25, 0.3) is 0 Å². The van der Waals surface area contributed by atoms with E-state index in [1.54, 1.807) is 11.3 Å². The van der Waals surface area contributed by atoms with E-state index in [4.69, 9.17) is 19.4 Å². The number of benzene rings is 8. The van der Waals surface area contributed by atoms with Gasteiger partial charge in [-0.1, -0.05) is 109 Å². The quantitative estimate of drug-likeness (QED) is 0.176. The van der Waals surface area contributed by atoms with E-state index in [0.29, 0.717) is 17.5 Å². The average Bonchev–Trinajstić information content (AvgIpc) is 3.96. The molecule has 4 aromatic heterocycles. The van der Waals surface area contributed by atoms with Gasteiger partial charge in [0.2, 0.25) is 0 Å². The van der Waals surface area contributed by atoms with Gasteiger partial charge in [0.15, 0.2) is 17.5 Å². The van der Waals surface area contributed by atoms with E-state index in [-0.39, 0.29) is 0 Å². The molecule has 0 fully saturated rings. The van der Waals surface area contributed by atoms with Crippen molar-refractivity contribution in [1.29, 1.82) is 0 Å². The minimum atomic E-state index is 0.592. The van der Waals surface area contributed by atoms with Crippen molar-refractivity contribution in [2.75, 3.05) is 0 Å². The van der Waals surface area contributed by atoms with Crippen molar-refractivity contribution in [1.82, 2.24) is 19.5 Å². The first-order valence-corrected chi connectivity index (χ1v) is 19.8. The number of rotatable bonds is 5. The summed E-state index contributed by atoms with van der Waals surface area (Å²) in [5, 5.41) is 6.96. The van der Waals surface area contributed by atoms with Gasteiger partial charge in [0.05, 0.1) is 11.0 Å². The summed E-state index contributed by atoms with van der Waals surface area (Å²) in [7, 11) is 0. The molecular formula is C51H30N4OS. The fourth-order valence-corrected chi connectivity index (χ4v) is 9.53. The molecule has 5 nitrogen and oxygen atoms in total. The monoisotopic (exact) mass is 746 g/mol. The van der Waals surface area contributed by atoms with Gasteiger partial charge in [-0.25, -0.2) is 15.0 Å². The Morgan fingerprint density at radius 3 is 1.91 bits per heavy atom. The fourth-order valence-electron chi connectivity index (χ4n) is 8.40. The van der Waals surface area contributed by atoms with Gasteiger partial charge in [-0.2, -0.15) is 0 Å². The Bertz CT molecular complexity index is 3520. The number of aromatic nitrogens is 4. The lowest BCUT2D eigenvalue weighted by Gasteiger charge is -2.11. The standard InChI is InChI=1S/C51H30N4OS/c1-2-11-31(12-3-1)33-24-28-43-41(29-33)36-13-4-7-17-42(36)55(43)35-25-21-32(22-26-35)49-52-50(34-23-27-38-37-14-5-8-18-44(37)56-45(38)30-34)54-51(53-49)40-16-10-20-47-48(40)39-15-6-9-19-46(39)57-47/h1-30H. The predicted octanol–water partition coefficient (Wildman–Crippen LogP) is 13.9. The minimum Gasteiger partial charge on any atom is -0.456 e. The van der Waals surface area contributed by atoms with E-state index in [1.807, 2.05) is 24.3 Å². The number of fused-ring (bicyclic) bond motifs is 9. The highest BCUT2D eigenvalue weighted by Gasteiger charge is 2.19. The summed E-state index contributed by atoms with van der Waals surface area (Å²) in [6.45, 7) is 0. The van der Waals surface area contributed by atoms with Gasteiger partial charge >= 0.3 is 0 Å². The maximum Gasteiger partial charge on any atom is 0.164 e. The molecular weight excluding hydrogens is 717 g/mol. The van der Waals surface area contributed by atoms with E-state index in [1.165, 1.54) is 36.7 Å². The Labute approximate surface area is 330 Å². The van der Waals surface area contributed by atoms with Crippen molar-refractivity contribution in [2.24, 2.45) is 0 Å². The molecule has 0 bridgehead atoms. The van der Waals surface area contributed by atoms with Gasteiger partial charge in [-0.15, -0.1) is 11.3 Å². The summed E-state index contributed by atoms with van der Waals surface area (Å²) in [6, 6.07) is 63.9. The summed E-state index contributed by atoms with van der Waals surface area (Å²) in [5.41, 5.74) is 10.2. The minimum absolute atomic E-state index is 0.592. The molecule has 0 unspecified atom stereocenters. The molecule has 57 heavy (non-hydrogen) atoms. The molecule has 6 heteroatoms. The van der Waals surface area contributed by atoms with Crippen LogP contribution in [0.1, 0.15) is 0 Å². The van der Waals surface area contributed by atoms with Crippen molar-refractivity contribution in [3.63, 3.8) is 0 Å². The van der Waals surface area contributed by atoms with Crippen LogP contribution in [0.25, 0.3) is 115 Å². The van der Waals surface area contributed by atoms with E-state index in [2.05, 4.69) is 162 Å². The van der Waals surface area contributed by atoms with Crippen LogP contribution in [0.5, 0.6) is 0 Å². The lowest BCUT2D eigenvalue weighted by atomic mass is 10.0. The molecule has 0 radical (unpaired) electrons. The first-order chi connectivity index (χ1) is 28.2. The van der Waals surface area contributed by atoms with Crippen molar-refractivity contribution in [2.45, 2.75) is 0 Å². The smallest absolute Gasteiger partial charge is 0.164 e. The van der Waals surface area contributed by atoms with E-state index in [9.17, 15) is 0 Å². The highest BCUT2D eigenvalue weighted by atomic mass is 32.1. The van der Waals surface area contributed by atoms with Gasteiger partial charge in [-0.3, -0.25) is 0 Å². The number of furan rings is 1. The van der Waals surface area contributed by atoms with Crippen LogP contribution in [0.3, 0.4) is 0 Å². The van der Waals surface area contributed by atoms with Gasteiger partial charge < -0.3 is 8.98 Å². The molecule has 266 valence electrons. The molecule has 0 spiro atoms. The zero-order chi connectivity index (χ0) is 37.5. The third-order valence-electron chi connectivity index (χ3n) is 11.1. The van der Waals surface area contributed by atoms with Crippen molar-refractivity contribution in [3.8, 4) is 51.0 Å². The summed E-state index contributed by atoms with van der Waals surface area (Å²) in [4.78, 5) is 15.6. The van der Waals surface area contributed by atoms with Crippen molar-refractivity contribution in [3.05, 3.63) is 182 Å². The maximum atomic E-state index is 6.31. The van der Waals surface area contributed by atoms with E-state index in [0.717, 1.165) is 60.7 Å². The maximum absolute atomic E-state index is 6.31. The number of hydrogen-bond donors (Lipinski definition) is 0. The molecule has 12 aromatic rings. The molecule has 12 rings (SSSR count). The zero-order valence-electron chi connectivity index (χ0n) is 30.4. The molecule has 8 aromatic carbocycles. The van der Waals surface area contributed by atoms with Crippen LogP contribution in [0, 0.1) is 0 Å². The second-order valence-electron chi connectivity index (χ2n) is 14.4. The van der Waals surface area contributed by atoms with E-state index < -0.39 is 0 Å². The van der Waals surface area contributed by atoms with Gasteiger partial charge in [-0.05, 0) is 83.9 Å². The Morgan fingerprint density at radius 1 is 0.386 bits per heavy atom. The average molecular weight is 747 g/mol. The lowest BCUT2D eigenvalue weighted by molar-refractivity contribution is 0.669. The van der Waals surface area contributed by atoms with Crippen LogP contribution in [0.4, 0.5) is 0 Å². The highest BCUT2D eigenvalue weighted by Crippen LogP contribution is 2.41. The molecule has 0 amide bonds. The summed E-state index contributed by atoms with van der Waals surface area (Å²) in [6.07, 6.45) is 0. The fraction of sp³-hybridized carbons (Fsp3) is 0. The number of thiophene rings is 1. The molecule has 4 heterocycles. The Kier molecular flexibility index (Phi) is 7.03. The third-order valence-corrected chi connectivity index (χ3v) is 12.2. The molecule has 0 saturated carbocycles.